The molecule has 1 fully saturated rings. The Kier molecular flexibility index (Phi) is 3.99. The van der Waals surface area contributed by atoms with Gasteiger partial charge in [-0.05, 0) is 24.3 Å². The quantitative estimate of drug-likeness (QED) is 0.653. The first-order valence-corrected chi connectivity index (χ1v) is 5.98. The number of ketones is 1. The molecule has 1 aliphatic rings. The highest BCUT2D eigenvalue weighted by Gasteiger charge is 2.18. The van der Waals surface area contributed by atoms with Crippen molar-refractivity contribution in [3.63, 3.8) is 0 Å². The lowest BCUT2D eigenvalue weighted by Crippen LogP contribution is -2.42. The van der Waals surface area contributed by atoms with Crippen LogP contribution in [-0.4, -0.2) is 42.8 Å². The SMILES string of the molecule is O=C(CCl)c1ccc(N2CCOC(O)C2)cc1. The molecule has 0 bridgehead atoms. The lowest BCUT2D eigenvalue weighted by Gasteiger charge is -2.32. The van der Waals surface area contributed by atoms with E-state index in [0.717, 1.165) is 12.2 Å². The smallest absolute Gasteiger partial charge is 0.177 e. The summed E-state index contributed by atoms with van der Waals surface area (Å²) in [6.07, 6.45) is -0.743. The summed E-state index contributed by atoms with van der Waals surface area (Å²) >= 11 is 5.48. The molecule has 1 aromatic carbocycles. The summed E-state index contributed by atoms with van der Waals surface area (Å²) in [4.78, 5) is 13.4. The van der Waals surface area contributed by atoms with Crippen molar-refractivity contribution in [2.75, 3.05) is 30.5 Å². The van der Waals surface area contributed by atoms with Crippen molar-refractivity contribution >= 4 is 23.1 Å². The Bertz CT molecular complexity index is 393. The van der Waals surface area contributed by atoms with Crippen LogP contribution in [0.3, 0.4) is 0 Å². The van der Waals surface area contributed by atoms with E-state index in [9.17, 15) is 9.90 Å². The number of anilines is 1. The Balaban J connectivity index is 2.09. The van der Waals surface area contributed by atoms with E-state index in [1.54, 1.807) is 12.1 Å². The molecule has 4 nitrogen and oxygen atoms in total. The third-order valence-electron chi connectivity index (χ3n) is 2.72. The minimum Gasteiger partial charge on any atom is -0.366 e. The van der Waals surface area contributed by atoms with Gasteiger partial charge in [0.05, 0.1) is 19.0 Å². The third kappa shape index (κ3) is 2.97. The molecule has 0 aromatic heterocycles. The highest BCUT2D eigenvalue weighted by molar-refractivity contribution is 6.30. The molecule has 0 radical (unpaired) electrons. The van der Waals surface area contributed by atoms with Crippen LogP contribution in [0.1, 0.15) is 10.4 Å². The Labute approximate surface area is 105 Å². The summed E-state index contributed by atoms with van der Waals surface area (Å²) in [5.74, 6) is -0.0875. The molecule has 92 valence electrons. The molecule has 5 heteroatoms. The third-order valence-corrected chi connectivity index (χ3v) is 2.97. The minimum absolute atomic E-state index is 0.00435. The van der Waals surface area contributed by atoms with Gasteiger partial charge >= 0.3 is 0 Å². The van der Waals surface area contributed by atoms with Crippen molar-refractivity contribution in [3.05, 3.63) is 29.8 Å². The summed E-state index contributed by atoms with van der Waals surface area (Å²) in [5, 5.41) is 9.39. The highest BCUT2D eigenvalue weighted by Crippen LogP contribution is 2.18. The van der Waals surface area contributed by atoms with Crippen molar-refractivity contribution < 1.29 is 14.6 Å². The number of hydrogen-bond acceptors (Lipinski definition) is 4. The second-order valence-electron chi connectivity index (χ2n) is 3.88. The number of β-amino-alcohol motifs (C(OH)–C–C–N with tert-alkyl or cyclic N) is 1. The number of alkyl halides is 1. The van der Waals surface area contributed by atoms with Gasteiger partial charge in [0, 0.05) is 17.8 Å². The van der Waals surface area contributed by atoms with Crippen LogP contribution in [0, 0.1) is 0 Å². The Hall–Kier alpha value is -1.10. The van der Waals surface area contributed by atoms with Gasteiger partial charge in [0.2, 0.25) is 0 Å². The lowest BCUT2D eigenvalue weighted by atomic mass is 10.1. The molecular weight excluding hydrogens is 242 g/mol. The molecule has 0 aliphatic carbocycles. The molecule has 1 N–H and O–H groups in total. The van der Waals surface area contributed by atoms with Gasteiger partial charge in [-0.15, -0.1) is 11.6 Å². The first kappa shape index (κ1) is 12.4. The van der Waals surface area contributed by atoms with E-state index >= 15 is 0 Å². The molecule has 0 saturated carbocycles. The highest BCUT2D eigenvalue weighted by atomic mass is 35.5. The van der Waals surface area contributed by atoms with Crippen molar-refractivity contribution in [2.24, 2.45) is 0 Å². The van der Waals surface area contributed by atoms with E-state index in [-0.39, 0.29) is 11.7 Å². The van der Waals surface area contributed by atoms with Gasteiger partial charge in [-0.1, -0.05) is 0 Å². The molecule has 1 aliphatic heterocycles. The molecule has 1 atom stereocenters. The van der Waals surface area contributed by atoms with Crippen LogP contribution >= 0.6 is 11.6 Å². The zero-order chi connectivity index (χ0) is 12.3. The number of halogens is 1. The van der Waals surface area contributed by atoms with Gasteiger partial charge in [-0.2, -0.15) is 0 Å². The van der Waals surface area contributed by atoms with Crippen LogP contribution in [0.4, 0.5) is 5.69 Å². The van der Waals surface area contributed by atoms with Crippen molar-refractivity contribution in [1.82, 2.24) is 0 Å². The van der Waals surface area contributed by atoms with Crippen molar-refractivity contribution in [3.8, 4) is 0 Å². The average Bonchev–Trinajstić information content (AvgIpc) is 2.38. The molecule has 0 spiro atoms. The molecule has 1 saturated heterocycles. The second kappa shape index (κ2) is 5.49. The van der Waals surface area contributed by atoms with Gasteiger partial charge in [0.1, 0.15) is 0 Å². The summed E-state index contributed by atoms with van der Waals surface area (Å²) in [6.45, 7) is 1.69. The van der Waals surface area contributed by atoms with E-state index in [0.29, 0.717) is 18.7 Å². The van der Waals surface area contributed by atoms with Crippen LogP contribution in [0.5, 0.6) is 0 Å². The molecule has 1 heterocycles. The topological polar surface area (TPSA) is 49.8 Å². The van der Waals surface area contributed by atoms with Gasteiger partial charge in [-0.25, -0.2) is 0 Å². The summed E-state index contributed by atoms with van der Waals surface area (Å²) < 4.78 is 5.05. The Morgan fingerprint density at radius 2 is 2.18 bits per heavy atom. The zero-order valence-electron chi connectivity index (χ0n) is 9.30. The van der Waals surface area contributed by atoms with Gasteiger partial charge < -0.3 is 14.7 Å². The maximum absolute atomic E-state index is 11.3. The summed E-state index contributed by atoms with van der Waals surface area (Å²) in [6, 6.07) is 7.22. The number of carbonyl (C=O) groups is 1. The van der Waals surface area contributed by atoms with Crippen molar-refractivity contribution in [2.45, 2.75) is 6.29 Å². The molecule has 0 amide bonds. The van der Waals surface area contributed by atoms with Gasteiger partial charge in [0.15, 0.2) is 12.1 Å². The fourth-order valence-electron chi connectivity index (χ4n) is 1.80. The van der Waals surface area contributed by atoms with E-state index in [4.69, 9.17) is 16.3 Å². The first-order valence-electron chi connectivity index (χ1n) is 5.44. The monoisotopic (exact) mass is 255 g/mol. The number of aliphatic hydroxyl groups excluding tert-OH is 1. The van der Waals surface area contributed by atoms with Crippen LogP contribution in [0.2, 0.25) is 0 Å². The molecule has 1 aromatic rings. The normalized spacial score (nSPS) is 20.4. The maximum Gasteiger partial charge on any atom is 0.177 e. The predicted molar refractivity (Wildman–Crippen MR) is 65.7 cm³/mol. The first-order chi connectivity index (χ1) is 8.20. The largest absolute Gasteiger partial charge is 0.366 e. The second-order valence-corrected chi connectivity index (χ2v) is 4.14. The number of Topliss-reactive ketones (excluding diaryl/α,β-unsaturated/α-hetero) is 1. The average molecular weight is 256 g/mol. The fourth-order valence-corrected chi connectivity index (χ4v) is 1.96. The summed E-state index contributed by atoms with van der Waals surface area (Å²) in [5.41, 5.74) is 1.58. The molecular formula is C12H14ClNO3. The molecule has 1 unspecified atom stereocenters. The number of carbonyl (C=O) groups excluding carboxylic acids is 1. The standard InChI is InChI=1S/C12H14ClNO3/c13-7-11(15)9-1-3-10(4-2-9)14-5-6-17-12(16)8-14/h1-4,12,16H,5-8H2. The number of nitrogens with zero attached hydrogens (tertiary/aromatic N) is 1. The van der Waals surface area contributed by atoms with Gasteiger partial charge in [0.25, 0.3) is 0 Å². The van der Waals surface area contributed by atoms with Crippen LogP contribution in [0.15, 0.2) is 24.3 Å². The maximum atomic E-state index is 11.3. The number of benzene rings is 1. The van der Waals surface area contributed by atoms with Gasteiger partial charge in [-0.3, -0.25) is 4.79 Å². The van der Waals surface area contributed by atoms with E-state index in [2.05, 4.69) is 0 Å². The minimum atomic E-state index is -0.743. The zero-order valence-corrected chi connectivity index (χ0v) is 10.1. The number of rotatable bonds is 3. The Morgan fingerprint density at radius 1 is 1.47 bits per heavy atom. The van der Waals surface area contributed by atoms with Crippen LogP contribution < -0.4 is 4.90 Å². The predicted octanol–water partition coefficient (Wildman–Crippen LogP) is 1.26. The summed E-state index contributed by atoms with van der Waals surface area (Å²) in [7, 11) is 0. The molecule has 17 heavy (non-hydrogen) atoms. The fraction of sp³-hybridized carbons (Fsp3) is 0.417. The van der Waals surface area contributed by atoms with E-state index in [1.165, 1.54) is 0 Å². The number of aliphatic hydroxyl groups is 1. The number of morpholine rings is 1. The van der Waals surface area contributed by atoms with Crippen LogP contribution in [-0.2, 0) is 4.74 Å². The van der Waals surface area contributed by atoms with Crippen molar-refractivity contribution in [1.29, 1.82) is 0 Å². The molecule has 2 rings (SSSR count). The van der Waals surface area contributed by atoms with E-state index < -0.39 is 6.29 Å². The number of ether oxygens (including phenoxy) is 1. The Morgan fingerprint density at radius 3 is 2.76 bits per heavy atom. The van der Waals surface area contributed by atoms with E-state index in [1.807, 2.05) is 17.0 Å². The number of hydrogen-bond donors (Lipinski definition) is 1. The lowest BCUT2D eigenvalue weighted by molar-refractivity contribution is -0.104. The van der Waals surface area contributed by atoms with Crippen LogP contribution in [0.25, 0.3) is 0 Å².